The third-order valence-corrected chi connectivity index (χ3v) is 3.00. The van der Waals surface area contributed by atoms with Crippen LogP contribution in [-0.4, -0.2) is 31.1 Å². The zero-order chi connectivity index (χ0) is 11.2. The molecule has 0 spiro atoms. The lowest BCUT2D eigenvalue weighted by Crippen LogP contribution is -2.31. The van der Waals surface area contributed by atoms with Gasteiger partial charge in [0.1, 0.15) is 0 Å². The molecule has 0 radical (unpaired) electrons. The van der Waals surface area contributed by atoms with E-state index >= 15 is 0 Å². The lowest BCUT2D eigenvalue weighted by atomic mass is 10.1. The van der Waals surface area contributed by atoms with E-state index in [9.17, 15) is 0 Å². The molecule has 1 unspecified atom stereocenters. The third kappa shape index (κ3) is 2.85. The topological polar surface area (TPSA) is 15.3 Å². The van der Waals surface area contributed by atoms with Gasteiger partial charge in [-0.05, 0) is 18.5 Å². The average Bonchev–Trinajstić information content (AvgIpc) is 2.56. The summed E-state index contributed by atoms with van der Waals surface area (Å²) in [5.41, 5.74) is 1.35. The van der Waals surface area contributed by atoms with Crippen molar-refractivity contribution in [3.8, 4) is 12.3 Å². The van der Waals surface area contributed by atoms with Crippen LogP contribution in [0.1, 0.15) is 18.0 Å². The van der Waals surface area contributed by atoms with Gasteiger partial charge in [0.15, 0.2) is 0 Å². The summed E-state index contributed by atoms with van der Waals surface area (Å²) in [5, 5.41) is 3.58. The number of rotatable bonds is 2. The summed E-state index contributed by atoms with van der Waals surface area (Å²) in [6.45, 7) is 3.93. The summed E-state index contributed by atoms with van der Waals surface area (Å²) >= 11 is 0. The lowest BCUT2D eigenvalue weighted by Gasteiger charge is -2.22. The molecule has 1 heterocycles. The largest absolute Gasteiger partial charge is 0.309 e. The summed E-state index contributed by atoms with van der Waals surface area (Å²) in [5.74, 6) is 2.74. The number of nitrogens with one attached hydrogen (secondary N) is 1. The number of hydrogen-bond acceptors (Lipinski definition) is 2. The van der Waals surface area contributed by atoms with Gasteiger partial charge in [0, 0.05) is 19.1 Å². The molecule has 0 amide bonds. The highest BCUT2D eigenvalue weighted by Crippen LogP contribution is 2.16. The minimum atomic E-state index is 0.414. The first-order chi connectivity index (χ1) is 7.90. The fourth-order valence-corrected chi connectivity index (χ4v) is 2.17. The molecule has 1 saturated heterocycles. The van der Waals surface area contributed by atoms with Crippen molar-refractivity contribution in [2.45, 2.75) is 12.5 Å². The van der Waals surface area contributed by atoms with E-state index < -0.39 is 0 Å². The number of hydrogen-bond donors (Lipinski definition) is 1. The van der Waals surface area contributed by atoms with Crippen LogP contribution in [-0.2, 0) is 0 Å². The van der Waals surface area contributed by atoms with Crippen LogP contribution in [0.5, 0.6) is 0 Å². The van der Waals surface area contributed by atoms with Gasteiger partial charge in [-0.3, -0.25) is 4.90 Å². The first-order valence-corrected chi connectivity index (χ1v) is 5.84. The lowest BCUT2D eigenvalue weighted by molar-refractivity contribution is 0.301. The Kier molecular flexibility index (Phi) is 3.98. The molecule has 0 bridgehead atoms. The second-order valence-corrected chi connectivity index (χ2v) is 4.21. The Bertz CT molecular complexity index is 353. The van der Waals surface area contributed by atoms with Crippen molar-refractivity contribution in [2.75, 3.05) is 26.2 Å². The van der Waals surface area contributed by atoms with E-state index in [-0.39, 0.29) is 0 Å². The van der Waals surface area contributed by atoms with Crippen molar-refractivity contribution in [1.82, 2.24) is 10.2 Å². The van der Waals surface area contributed by atoms with Crippen LogP contribution < -0.4 is 5.32 Å². The number of terminal acetylenes is 1. The Hall–Kier alpha value is -1.30. The van der Waals surface area contributed by atoms with E-state index in [1.165, 1.54) is 12.0 Å². The van der Waals surface area contributed by atoms with Crippen LogP contribution in [0.25, 0.3) is 0 Å². The van der Waals surface area contributed by atoms with Crippen molar-refractivity contribution in [2.24, 2.45) is 0 Å². The molecular formula is C14H18N2. The number of benzene rings is 1. The van der Waals surface area contributed by atoms with Crippen LogP contribution in [0.15, 0.2) is 30.3 Å². The van der Waals surface area contributed by atoms with Gasteiger partial charge in [0.2, 0.25) is 0 Å². The highest BCUT2D eigenvalue weighted by molar-refractivity contribution is 5.19. The van der Waals surface area contributed by atoms with Crippen molar-refractivity contribution in [3.63, 3.8) is 0 Å². The predicted molar refractivity (Wildman–Crippen MR) is 67.1 cm³/mol. The van der Waals surface area contributed by atoms with Crippen molar-refractivity contribution in [3.05, 3.63) is 35.9 Å². The van der Waals surface area contributed by atoms with Gasteiger partial charge >= 0.3 is 0 Å². The minimum Gasteiger partial charge on any atom is -0.309 e. The van der Waals surface area contributed by atoms with Gasteiger partial charge in [-0.2, -0.15) is 0 Å². The molecule has 1 N–H and O–H groups in total. The second-order valence-electron chi connectivity index (χ2n) is 4.21. The molecule has 0 saturated carbocycles. The van der Waals surface area contributed by atoms with E-state index in [0.717, 1.165) is 26.2 Å². The monoisotopic (exact) mass is 214 g/mol. The van der Waals surface area contributed by atoms with Crippen LogP contribution in [0.3, 0.4) is 0 Å². The van der Waals surface area contributed by atoms with Crippen molar-refractivity contribution in [1.29, 1.82) is 0 Å². The highest BCUT2D eigenvalue weighted by Gasteiger charge is 2.17. The summed E-state index contributed by atoms with van der Waals surface area (Å²) in [6.07, 6.45) is 6.55. The first kappa shape index (κ1) is 11.2. The molecule has 1 aliphatic heterocycles. The Morgan fingerprint density at radius 1 is 1.38 bits per heavy atom. The fourth-order valence-electron chi connectivity index (χ4n) is 2.17. The number of nitrogens with zero attached hydrogens (tertiary/aromatic N) is 1. The zero-order valence-electron chi connectivity index (χ0n) is 9.52. The summed E-state index contributed by atoms with van der Waals surface area (Å²) < 4.78 is 0. The molecule has 16 heavy (non-hydrogen) atoms. The van der Waals surface area contributed by atoms with Crippen molar-refractivity contribution >= 4 is 0 Å². The van der Waals surface area contributed by atoms with Crippen LogP contribution in [0.2, 0.25) is 0 Å². The molecule has 0 aromatic heterocycles. The Morgan fingerprint density at radius 2 is 2.19 bits per heavy atom. The van der Waals surface area contributed by atoms with Crippen molar-refractivity contribution < 1.29 is 0 Å². The summed E-state index contributed by atoms with van der Waals surface area (Å²) in [7, 11) is 0. The fraction of sp³-hybridized carbons (Fsp3) is 0.429. The van der Waals surface area contributed by atoms with E-state index in [2.05, 4.69) is 46.5 Å². The maximum Gasteiger partial charge on any atom is 0.0599 e. The van der Waals surface area contributed by atoms with Gasteiger partial charge < -0.3 is 5.32 Å². The zero-order valence-corrected chi connectivity index (χ0v) is 9.52. The second kappa shape index (κ2) is 5.69. The van der Waals surface area contributed by atoms with E-state index in [1.807, 2.05) is 0 Å². The smallest absolute Gasteiger partial charge is 0.0599 e. The molecule has 2 nitrogen and oxygen atoms in total. The maximum atomic E-state index is 5.38. The van der Waals surface area contributed by atoms with Crippen LogP contribution in [0, 0.1) is 12.3 Å². The van der Waals surface area contributed by atoms with Gasteiger partial charge in [-0.1, -0.05) is 36.3 Å². The van der Waals surface area contributed by atoms with Gasteiger partial charge in [0.25, 0.3) is 0 Å². The first-order valence-electron chi connectivity index (χ1n) is 5.84. The molecule has 1 atom stereocenters. The minimum absolute atomic E-state index is 0.414. The van der Waals surface area contributed by atoms with Gasteiger partial charge in [-0.25, -0.2) is 0 Å². The Balaban J connectivity index is 2.06. The standard InChI is InChI=1S/C14H18N2/c1-2-10-16-11-6-9-15-14(12-16)13-7-4-3-5-8-13/h1,3-5,7-8,14-15H,6,9-12H2. The Morgan fingerprint density at radius 3 is 2.94 bits per heavy atom. The predicted octanol–water partition coefficient (Wildman–Crippen LogP) is 1.66. The summed E-state index contributed by atoms with van der Waals surface area (Å²) in [6, 6.07) is 11.0. The molecular weight excluding hydrogens is 196 g/mol. The van der Waals surface area contributed by atoms with Gasteiger partial charge in [-0.15, -0.1) is 6.42 Å². The average molecular weight is 214 g/mol. The third-order valence-electron chi connectivity index (χ3n) is 3.00. The van der Waals surface area contributed by atoms with E-state index in [4.69, 9.17) is 6.42 Å². The molecule has 1 aliphatic rings. The SMILES string of the molecule is C#CCN1CCCNC(c2ccccc2)C1. The van der Waals surface area contributed by atoms with E-state index in [1.54, 1.807) is 0 Å². The molecule has 2 heteroatoms. The normalized spacial score (nSPS) is 22.3. The van der Waals surface area contributed by atoms with Crippen LogP contribution >= 0.6 is 0 Å². The summed E-state index contributed by atoms with van der Waals surface area (Å²) in [4.78, 5) is 2.34. The molecule has 1 aromatic carbocycles. The molecule has 0 aliphatic carbocycles. The molecule has 84 valence electrons. The van der Waals surface area contributed by atoms with E-state index in [0.29, 0.717) is 6.04 Å². The Labute approximate surface area is 97.7 Å². The molecule has 2 rings (SSSR count). The quantitative estimate of drug-likeness (QED) is 0.753. The maximum absolute atomic E-state index is 5.38. The molecule has 1 fully saturated rings. The van der Waals surface area contributed by atoms with Gasteiger partial charge in [0.05, 0.1) is 6.54 Å². The molecule has 1 aromatic rings. The highest BCUT2D eigenvalue weighted by atomic mass is 15.2. The van der Waals surface area contributed by atoms with Crippen LogP contribution in [0.4, 0.5) is 0 Å².